The van der Waals surface area contributed by atoms with Crippen molar-refractivity contribution >= 4 is 17.7 Å². The van der Waals surface area contributed by atoms with Gasteiger partial charge in [0.1, 0.15) is 0 Å². The fraction of sp³-hybridized carbons (Fsp3) is 0.650. The third-order valence-corrected chi connectivity index (χ3v) is 6.92. The molecule has 1 amide bonds. The summed E-state index contributed by atoms with van der Waals surface area (Å²) in [5.74, 6) is 0.897. The van der Waals surface area contributed by atoms with Crippen molar-refractivity contribution < 1.29 is 4.79 Å². The lowest BCUT2D eigenvalue weighted by atomic mass is 10.1. The van der Waals surface area contributed by atoms with Crippen LogP contribution in [0.25, 0.3) is 0 Å². The van der Waals surface area contributed by atoms with Crippen molar-refractivity contribution in [3.8, 4) is 0 Å². The Hall–Kier alpha value is -1.00. The number of carbonyl (C=O) groups excluding carboxylic acids is 1. The topological polar surface area (TPSA) is 23.6 Å². The smallest absolute Gasteiger partial charge is 0.233 e. The summed E-state index contributed by atoms with van der Waals surface area (Å²) in [6, 6.07) is 7.55. The van der Waals surface area contributed by atoms with Crippen LogP contribution in [0, 0.1) is 0 Å². The van der Waals surface area contributed by atoms with Crippen molar-refractivity contribution in [3.63, 3.8) is 0 Å². The SMILES string of the molecule is O=C(CSc1ccc2c(c1)CCC2)N1CCN(C2CCCC2)CC1. The molecule has 1 heterocycles. The van der Waals surface area contributed by atoms with Crippen LogP contribution in [-0.4, -0.2) is 53.7 Å². The summed E-state index contributed by atoms with van der Waals surface area (Å²) in [6.45, 7) is 3.97. The van der Waals surface area contributed by atoms with E-state index in [1.807, 2.05) is 0 Å². The van der Waals surface area contributed by atoms with Gasteiger partial charge in [0.05, 0.1) is 5.75 Å². The number of rotatable bonds is 4. The van der Waals surface area contributed by atoms with Crippen molar-refractivity contribution in [1.82, 2.24) is 9.80 Å². The quantitative estimate of drug-likeness (QED) is 0.783. The van der Waals surface area contributed by atoms with Gasteiger partial charge >= 0.3 is 0 Å². The van der Waals surface area contributed by atoms with Gasteiger partial charge in [0, 0.05) is 37.1 Å². The predicted octanol–water partition coefficient (Wildman–Crippen LogP) is 3.35. The molecule has 3 aliphatic rings. The summed E-state index contributed by atoms with van der Waals surface area (Å²) >= 11 is 1.71. The summed E-state index contributed by atoms with van der Waals surface area (Å²) in [5.41, 5.74) is 3.01. The molecule has 4 heteroatoms. The molecule has 130 valence electrons. The Morgan fingerprint density at radius 2 is 1.75 bits per heavy atom. The Labute approximate surface area is 149 Å². The summed E-state index contributed by atoms with van der Waals surface area (Å²) in [7, 11) is 0. The number of aryl methyl sites for hydroxylation is 2. The van der Waals surface area contributed by atoms with Crippen LogP contribution in [0.2, 0.25) is 0 Å². The summed E-state index contributed by atoms with van der Waals surface area (Å²) in [5, 5.41) is 0. The first-order valence-corrected chi connectivity index (χ1v) is 10.5. The molecule has 0 radical (unpaired) electrons. The van der Waals surface area contributed by atoms with Gasteiger partial charge in [0.2, 0.25) is 5.91 Å². The Morgan fingerprint density at radius 1 is 1.00 bits per heavy atom. The number of hydrogen-bond acceptors (Lipinski definition) is 3. The first-order chi connectivity index (χ1) is 11.8. The van der Waals surface area contributed by atoms with Gasteiger partial charge < -0.3 is 4.90 Å². The van der Waals surface area contributed by atoms with Gasteiger partial charge in [-0.1, -0.05) is 18.9 Å². The monoisotopic (exact) mass is 344 g/mol. The zero-order chi connectivity index (χ0) is 16.4. The number of hydrogen-bond donors (Lipinski definition) is 0. The van der Waals surface area contributed by atoms with Gasteiger partial charge in [-0.15, -0.1) is 11.8 Å². The fourth-order valence-corrected chi connectivity index (χ4v) is 5.34. The minimum atomic E-state index is 0.312. The van der Waals surface area contributed by atoms with Crippen LogP contribution in [-0.2, 0) is 17.6 Å². The second kappa shape index (κ2) is 7.49. The molecule has 2 fully saturated rings. The Bertz CT molecular complexity index is 589. The number of fused-ring (bicyclic) bond motifs is 1. The molecule has 0 aromatic heterocycles. The third kappa shape index (κ3) is 3.65. The molecule has 1 saturated heterocycles. The number of amides is 1. The van der Waals surface area contributed by atoms with Crippen LogP contribution in [0.15, 0.2) is 23.1 Å². The van der Waals surface area contributed by atoms with Crippen LogP contribution in [0.3, 0.4) is 0 Å². The lowest BCUT2D eigenvalue weighted by molar-refractivity contribution is -0.130. The number of benzene rings is 1. The van der Waals surface area contributed by atoms with E-state index in [1.165, 1.54) is 61.0 Å². The molecular weight excluding hydrogens is 316 g/mol. The normalized spacial score (nSPS) is 22.1. The molecule has 1 saturated carbocycles. The first kappa shape index (κ1) is 16.5. The van der Waals surface area contributed by atoms with Crippen molar-refractivity contribution in [2.45, 2.75) is 55.9 Å². The van der Waals surface area contributed by atoms with Crippen molar-refractivity contribution in [2.75, 3.05) is 31.9 Å². The first-order valence-electron chi connectivity index (χ1n) is 9.56. The zero-order valence-corrected chi connectivity index (χ0v) is 15.3. The van der Waals surface area contributed by atoms with E-state index in [0.29, 0.717) is 11.7 Å². The molecule has 3 nitrogen and oxygen atoms in total. The summed E-state index contributed by atoms with van der Waals surface area (Å²) in [6.07, 6.45) is 9.23. The molecule has 0 N–H and O–H groups in total. The molecule has 1 aliphatic heterocycles. The zero-order valence-electron chi connectivity index (χ0n) is 14.5. The maximum absolute atomic E-state index is 12.5. The van der Waals surface area contributed by atoms with E-state index in [4.69, 9.17) is 0 Å². The van der Waals surface area contributed by atoms with Crippen LogP contribution >= 0.6 is 11.8 Å². The van der Waals surface area contributed by atoms with Gasteiger partial charge in [0.15, 0.2) is 0 Å². The Balaban J connectivity index is 1.25. The van der Waals surface area contributed by atoms with Gasteiger partial charge in [-0.05, 0) is 55.4 Å². The van der Waals surface area contributed by atoms with Crippen LogP contribution in [0.4, 0.5) is 0 Å². The maximum Gasteiger partial charge on any atom is 0.233 e. The second-order valence-electron chi connectivity index (χ2n) is 7.43. The maximum atomic E-state index is 12.5. The van der Waals surface area contributed by atoms with Gasteiger partial charge in [-0.25, -0.2) is 0 Å². The highest BCUT2D eigenvalue weighted by Gasteiger charge is 2.27. The van der Waals surface area contributed by atoms with E-state index in [9.17, 15) is 4.79 Å². The fourth-order valence-electron chi connectivity index (χ4n) is 4.48. The minimum absolute atomic E-state index is 0.312. The molecule has 0 atom stereocenters. The highest BCUT2D eigenvalue weighted by atomic mass is 32.2. The van der Waals surface area contributed by atoms with Crippen LogP contribution in [0.5, 0.6) is 0 Å². The van der Waals surface area contributed by atoms with Gasteiger partial charge in [0.25, 0.3) is 0 Å². The average Bonchev–Trinajstić information content (AvgIpc) is 3.31. The largest absolute Gasteiger partial charge is 0.339 e. The molecule has 0 spiro atoms. The van der Waals surface area contributed by atoms with E-state index in [-0.39, 0.29) is 0 Å². The Kier molecular flexibility index (Phi) is 5.14. The standard InChI is InChI=1S/C20H28N2OS/c23-20(15-24-19-9-8-16-4-3-5-17(16)14-19)22-12-10-21(11-13-22)18-6-1-2-7-18/h8-9,14,18H,1-7,10-13,15H2. The van der Waals surface area contributed by atoms with E-state index in [2.05, 4.69) is 28.0 Å². The van der Waals surface area contributed by atoms with Crippen LogP contribution in [0.1, 0.15) is 43.2 Å². The molecule has 0 unspecified atom stereocenters. The lowest BCUT2D eigenvalue weighted by Gasteiger charge is -2.38. The number of thioether (sulfide) groups is 1. The number of piperazine rings is 1. The third-order valence-electron chi connectivity index (χ3n) is 5.94. The highest BCUT2D eigenvalue weighted by Crippen LogP contribution is 2.28. The number of nitrogens with zero attached hydrogens (tertiary/aromatic N) is 2. The molecule has 2 aliphatic carbocycles. The number of carbonyl (C=O) groups is 1. The van der Waals surface area contributed by atoms with E-state index in [1.54, 1.807) is 11.8 Å². The minimum Gasteiger partial charge on any atom is -0.339 e. The summed E-state index contributed by atoms with van der Waals surface area (Å²) < 4.78 is 0. The van der Waals surface area contributed by atoms with Crippen LogP contribution < -0.4 is 0 Å². The van der Waals surface area contributed by atoms with E-state index in [0.717, 1.165) is 32.2 Å². The molecule has 1 aromatic rings. The van der Waals surface area contributed by atoms with Gasteiger partial charge in [-0.3, -0.25) is 9.69 Å². The Morgan fingerprint density at radius 3 is 2.54 bits per heavy atom. The molecule has 1 aromatic carbocycles. The van der Waals surface area contributed by atoms with Crippen molar-refractivity contribution in [3.05, 3.63) is 29.3 Å². The second-order valence-corrected chi connectivity index (χ2v) is 8.48. The average molecular weight is 345 g/mol. The predicted molar refractivity (Wildman–Crippen MR) is 99.6 cm³/mol. The summed E-state index contributed by atoms with van der Waals surface area (Å²) in [4.78, 5) is 18.5. The van der Waals surface area contributed by atoms with Gasteiger partial charge in [-0.2, -0.15) is 0 Å². The van der Waals surface area contributed by atoms with E-state index >= 15 is 0 Å². The highest BCUT2D eigenvalue weighted by molar-refractivity contribution is 8.00. The molecule has 0 bridgehead atoms. The molecule has 4 rings (SSSR count). The molecule has 24 heavy (non-hydrogen) atoms. The van der Waals surface area contributed by atoms with Crippen molar-refractivity contribution in [2.24, 2.45) is 0 Å². The molecular formula is C20H28N2OS. The van der Waals surface area contributed by atoms with Crippen molar-refractivity contribution in [1.29, 1.82) is 0 Å². The lowest BCUT2D eigenvalue weighted by Crippen LogP contribution is -2.51. The van der Waals surface area contributed by atoms with E-state index < -0.39 is 0 Å².